The summed E-state index contributed by atoms with van der Waals surface area (Å²) in [5.41, 5.74) is 0.0696. The summed E-state index contributed by atoms with van der Waals surface area (Å²) in [6, 6.07) is 9.55. The highest BCUT2D eigenvalue weighted by molar-refractivity contribution is 5.86. The number of likely N-dealkylation sites (tertiary alicyclic amines) is 1. The van der Waals surface area contributed by atoms with E-state index in [2.05, 4.69) is 6.92 Å². The molecular formula is C19H27NO4. The molecule has 1 fully saturated rings. The normalized spacial score (nSPS) is 20.0. The summed E-state index contributed by atoms with van der Waals surface area (Å²) < 4.78 is 10.7. The van der Waals surface area contributed by atoms with Crippen LogP contribution in [0.2, 0.25) is 0 Å². The van der Waals surface area contributed by atoms with Gasteiger partial charge in [0.25, 0.3) is 0 Å². The van der Waals surface area contributed by atoms with E-state index in [-0.39, 0.29) is 12.6 Å². The van der Waals surface area contributed by atoms with Gasteiger partial charge in [-0.3, -0.25) is 4.90 Å². The molecule has 1 aromatic carbocycles. The maximum Gasteiger partial charge on any atom is 0.411 e. The number of carbonyl (C=O) groups is 2. The average Bonchev–Trinajstić information content (AvgIpc) is 3.04. The monoisotopic (exact) mass is 333 g/mol. The van der Waals surface area contributed by atoms with Crippen LogP contribution in [0.4, 0.5) is 4.79 Å². The Bertz CT molecular complexity index is 546. The van der Waals surface area contributed by atoms with Gasteiger partial charge in [-0.25, -0.2) is 9.59 Å². The first kappa shape index (κ1) is 18.3. The van der Waals surface area contributed by atoms with Crippen LogP contribution in [0.15, 0.2) is 30.3 Å². The molecule has 1 amide bonds. The van der Waals surface area contributed by atoms with E-state index in [4.69, 9.17) is 9.47 Å². The van der Waals surface area contributed by atoms with Gasteiger partial charge in [0.1, 0.15) is 12.1 Å². The molecule has 1 aliphatic rings. The highest BCUT2D eigenvalue weighted by Crippen LogP contribution is 2.36. The Morgan fingerprint density at radius 2 is 1.92 bits per heavy atom. The zero-order valence-corrected chi connectivity index (χ0v) is 14.6. The second kappa shape index (κ2) is 8.71. The van der Waals surface area contributed by atoms with Crippen LogP contribution < -0.4 is 0 Å². The second-order valence-electron chi connectivity index (χ2n) is 6.15. The van der Waals surface area contributed by atoms with Gasteiger partial charge in [0, 0.05) is 6.54 Å². The van der Waals surface area contributed by atoms with Crippen molar-refractivity contribution in [2.75, 3.05) is 13.2 Å². The Morgan fingerprint density at radius 3 is 2.58 bits per heavy atom. The standard InChI is InChI=1S/C19H27NO4/c1-3-5-12-19(17(21)23-4-2)13-9-14-20(19)18(22)24-15-16-10-7-6-8-11-16/h6-8,10-11H,3-5,9,12-15H2,1-2H3/t19-/m0/s1. The molecule has 0 aliphatic carbocycles. The summed E-state index contributed by atoms with van der Waals surface area (Å²) in [6.07, 6.45) is 3.48. The van der Waals surface area contributed by atoms with Crippen LogP contribution in [-0.2, 0) is 20.9 Å². The van der Waals surface area contributed by atoms with Crippen molar-refractivity contribution in [2.45, 2.75) is 58.1 Å². The van der Waals surface area contributed by atoms with E-state index < -0.39 is 11.6 Å². The fraction of sp³-hybridized carbons (Fsp3) is 0.579. The van der Waals surface area contributed by atoms with Crippen LogP contribution >= 0.6 is 0 Å². The first-order chi connectivity index (χ1) is 11.6. The molecule has 1 saturated heterocycles. The topological polar surface area (TPSA) is 55.8 Å². The van der Waals surface area contributed by atoms with E-state index in [9.17, 15) is 9.59 Å². The van der Waals surface area contributed by atoms with E-state index in [0.29, 0.717) is 26.0 Å². The summed E-state index contributed by atoms with van der Waals surface area (Å²) in [5.74, 6) is -0.299. The number of ether oxygens (including phenoxy) is 2. The molecule has 5 nitrogen and oxygen atoms in total. The van der Waals surface area contributed by atoms with Gasteiger partial charge in [0.2, 0.25) is 0 Å². The van der Waals surface area contributed by atoms with Gasteiger partial charge in [-0.05, 0) is 31.7 Å². The molecule has 24 heavy (non-hydrogen) atoms. The van der Waals surface area contributed by atoms with E-state index >= 15 is 0 Å². The van der Waals surface area contributed by atoms with Crippen molar-refractivity contribution >= 4 is 12.1 Å². The van der Waals surface area contributed by atoms with Crippen molar-refractivity contribution in [3.63, 3.8) is 0 Å². The number of hydrogen-bond acceptors (Lipinski definition) is 4. The number of rotatable bonds is 7. The Kier molecular flexibility index (Phi) is 6.64. The summed E-state index contributed by atoms with van der Waals surface area (Å²) in [7, 11) is 0. The zero-order valence-electron chi connectivity index (χ0n) is 14.6. The maximum absolute atomic E-state index is 12.6. The molecule has 1 atom stereocenters. The molecular weight excluding hydrogens is 306 g/mol. The van der Waals surface area contributed by atoms with E-state index in [1.165, 1.54) is 0 Å². The minimum atomic E-state index is -0.861. The molecule has 0 saturated carbocycles. The largest absolute Gasteiger partial charge is 0.464 e. The smallest absolute Gasteiger partial charge is 0.411 e. The molecule has 0 spiro atoms. The van der Waals surface area contributed by atoms with Crippen molar-refractivity contribution in [3.05, 3.63) is 35.9 Å². The predicted octanol–water partition coefficient (Wildman–Crippen LogP) is 3.91. The van der Waals surface area contributed by atoms with Gasteiger partial charge in [-0.2, -0.15) is 0 Å². The van der Waals surface area contributed by atoms with Crippen LogP contribution in [-0.4, -0.2) is 35.7 Å². The summed E-state index contributed by atoms with van der Waals surface area (Å²) in [6.45, 7) is 4.93. The lowest BCUT2D eigenvalue weighted by molar-refractivity contribution is -0.156. The second-order valence-corrected chi connectivity index (χ2v) is 6.15. The van der Waals surface area contributed by atoms with Gasteiger partial charge in [0.05, 0.1) is 6.61 Å². The van der Waals surface area contributed by atoms with E-state index in [0.717, 1.165) is 24.8 Å². The third-order valence-corrected chi connectivity index (χ3v) is 4.51. The minimum absolute atomic E-state index is 0.211. The third kappa shape index (κ3) is 4.08. The molecule has 0 N–H and O–H groups in total. The van der Waals surface area contributed by atoms with E-state index in [1.54, 1.807) is 11.8 Å². The number of esters is 1. The summed E-state index contributed by atoms with van der Waals surface area (Å²) >= 11 is 0. The van der Waals surface area contributed by atoms with Crippen molar-refractivity contribution in [1.82, 2.24) is 4.90 Å². The molecule has 0 unspecified atom stereocenters. The van der Waals surface area contributed by atoms with Crippen LogP contribution in [0.25, 0.3) is 0 Å². The molecule has 0 radical (unpaired) electrons. The summed E-state index contributed by atoms with van der Waals surface area (Å²) in [4.78, 5) is 26.8. The molecule has 1 aliphatic heterocycles. The zero-order chi connectivity index (χ0) is 17.4. The summed E-state index contributed by atoms with van der Waals surface area (Å²) in [5, 5.41) is 0. The lowest BCUT2D eigenvalue weighted by Gasteiger charge is -2.35. The number of carbonyl (C=O) groups excluding carboxylic acids is 2. The number of unbranched alkanes of at least 4 members (excludes halogenated alkanes) is 1. The van der Waals surface area contributed by atoms with Gasteiger partial charge < -0.3 is 9.47 Å². The molecule has 1 aromatic rings. The number of hydrogen-bond donors (Lipinski definition) is 0. The lowest BCUT2D eigenvalue weighted by Crippen LogP contribution is -2.54. The van der Waals surface area contributed by atoms with Gasteiger partial charge in [-0.15, -0.1) is 0 Å². The van der Waals surface area contributed by atoms with Crippen LogP contribution in [0.3, 0.4) is 0 Å². The molecule has 0 bridgehead atoms. The van der Waals surface area contributed by atoms with Crippen LogP contribution in [0.1, 0.15) is 51.5 Å². The number of benzene rings is 1. The highest BCUT2D eigenvalue weighted by Gasteiger charge is 2.51. The van der Waals surface area contributed by atoms with Gasteiger partial charge in [0.15, 0.2) is 0 Å². The molecule has 1 heterocycles. The Hall–Kier alpha value is -2.04. The number of amides is 1. The predicted molar refractivity (Wildman–Crippen MR) is 91.5 cm³/mol. The van der Waals surface area contributed by atoms with Crippen LogP contribution in [0, 0.1) is 0 Å². The third-order valence-electron chi connectivity index (χ3n) is 4.51. The first-order valence-corrected chi connectivity index (χ1v) is 8.79. The Balaban J connectivity index is 2.09. The average molecular weight is 333 g/mol. The maximum atomic E-state index is 12.6. The molecule has 0 aromatic heterocycles. The Morgan fingerprint density at radius 1 is 1.17 bits per heavy atom. The fourth-order valence-corrected chi connectivity index (χ4v) is 3.25. The van der Waals surface area contributed by atoms with Crippen molar-refractivity contribution < 1.29 is 19.1 Å². The first-order valence-electron chi connectivity index (χ1n) is 8.79. The quantitative estimate of drug-likeness (QED) is 0.710. The lowest BCUT2D eigenvalue weighted by atomic mass is 9.90. The van der Waals surface area contributed by atoms with Crippen LogP contribution in [0.5, 0.6) is 0 Å². The highest BCUT2D eigenvalue weighted by atomic mass is 16.6. The fourth-order valence-electron chi connectivity index (χ4n) is 3.25. The minimum Gasteiger partial charge on any atom is -0.464 e. The van der Waals surface area contributed by atoms with E-state index in [1.807, 2.05) is 30.3 Å². The van der Waals surface area contributed by atoms with Crippen molar-refractivity contribution in [3.8, 4) is 0 Å². The Labute approximate surface area is 143 Å². The number of nitrogens with zero attached hydrogens (tertiary/aromatic N) is 1. The van der Waals surface area contributed by atoms with Crippen molar-refractivity contribution in [2.24, 2.45) is 0 Å². The van der Waals surface area contributed by atoms with Gasteiger partial charge >= 0.3 is 12.1 Å². The molecule has 5 heteroatoms. The SMILES string of the molecule is CCCC[C@@]1(C(=O)OCC)CCCN1C(=O)OCc1ccccc1. The van der Waals surface area contributed by atoms with Crippen molar-refractivity contribution in [1.29, 1.82) is 0 Å². The molecule has 2 rings (SSSR count). The van der Waals surface area contributed by atoms with Gasteiger partial charge in [-0.1, -0.05) is 50.1 Å². The molecule has 132 valence electrons.